The molecule has 0 saturated carbocycles. The largest absolute Gasteiger partial charge is 0.458 e. The summed E-state index contributed by atoms with van der Waals surface area (Å²) in [5.41, 5.74) is 0.981. The van der Waals surface area contributed by atoms with Crippen molar-refractivity contribution >= 4 is 57.8 Å². The summed E-state index contributed by atoms with van der Waals surface area (Å²) in [4.78, 5) is 29.3. The first kappa shape index (κ1) is 18.8. The third-order valence-electron chi connectivity index (χ3n) is 3.24. The van der Waals surface area contributed by atoms with Gasteiger partial charge in [0.2, 0.25) is 0 Å². The molecule has 1 aromatic carbocycles. The van der Waals surface area contributed by atoms with Gasteiger partial charge in [-0.2, -0.15) is 0 Å². The van der Waals surface area contributed by atoms with Crippen molar-refractivity contribution in [2.24, 2.45) is 0 Å². The monoisotopic (exact) mass is 426 g/mol. The molecule has 5 nitrogen and oxygen atoms in total. The Kier molecular flexibility index (Phi) is 6.26. The van der Waals surface area contributed by atoms with Crippen LogP contribution in [0.15, 0.2) is 41.1 Å². The summed E-state index contributed by atoms with van der Waals surface area (Å²) in [6.45, 7) is -0.190. The minimum absolute atomic E-state index is 0.0589. The lowest BCUT2D eigenvalue weighted by atomic mass is 10.2. The number of thiazole rings is 1. The summed E-state index contributed by atoms with van der Waals surface area (Å²) in [5, 5.41) is 7.81. The van der Waals surface area contributed by atoms with E-state index in [0.29, 0.717) is 16.3 Å². The maximum atomic E-state index is 12.0. The maximum absolute atomic E-state index is 12.0. The van der Waals surface area contributed by atoms with Crippen LogP contribution in [-0.4, -0.2) is 23.4 Å². The smallest absolute Gasteiger partial charge is 0.325 e. The molecule has 0 aliphatic rings. The van der Waals surface area contributed by atoms with Crippen molar-refractivity contribution in [2.75, 3.05) is 6.54 Å². The Hall–Kier alpha value is -1.93. The highest BCUT2D eigenvalue weighted by atomic mass is 35.5. The molecule has 0 aliphatic heterocycles. The number of hydrogen-bond acceptors (Lipinski definition) is 6. The van der Waals surface area contributed by atoms with Gasteiger partial charge in [0.15, 0.2) is 0 Å². The van der Waals surface area contributed by atoms with Crippen LogP contribution in [0.5, 0.6) is 0 Å². The van der Waals surface area contributed by atoms with Crippen molar-refractivity contribution in [3.05, 3.63) is 62.4 Å². The minimum Gasteiger partial charge on any atom is -0.458 e. The Labute approximate surface area is 167 Å². The van der Waals surface area contributed by atoms with Gasteiger partial charge < -0.3 is 10.1 Å². The first-order valence-electron chi connectivity index (χ1n) is 7.40. The molecule has 1 N–H and O–H groups in total. The summed E-state index contributed by atoms with van der Waals surface area (Å²) in [7, 11) is 0. The van der Waals surface area contributed by atoms with Crippen LogP contribution < -0.4 is 5.32 Å². The fourth-order valence-electron chi connectivity index (χ4n) is 1.98. The van der Waals surface area contributed by atoms with Gasteiger partial charge in [0, 0.05) is 10.9 Å². The number of ether oxygens (including phenoxy) is 1. The highest BCUT2D eigenvalue weighted by Crippen LogP contribution is 2.28. The minimum atomic E-state index is -0.552. The first-order valence-corrected chi connectivity index (χ1v) is 9.91. The molecule has 0 saturated heterocycles. The Morgan fingerprint density at radius 1 is 1.15 bits per heavy atom. The molecule has 3 aromatic rings. The molecule has 26 heavy (non-hydrogen) atoms. The number of carbonyl (C=O) groups excluding carboxylic acids is 2. The molecule has 0 spiro atoms. The molecule has 0 radical (unpaired) electrons. The average molecular weight is 427 g/mol. The van der Waals surface area contributed by atoms with E-state index in [2.05, 4.69) is 10.3 Å². The van der Waals surface area contributed by atoms with E-state index < -0.39 is 11.9 Å². The zero-order valence-corrected chi connectivity index (χ0v) is 16.3. The molecular formula is C17H12Cl2N2O3S2. The van der Waals surface area contributed by atoms with Gasteiger partial charge in [-0.1, -0.05) is 29.3 Å². The van der Waals surface area contributed by atoms with Crippen LogP contribution in [-0.2, 0) is 16.1 Å². The number of nitrogens with one attached hydrogen (secondary N) is 1. The van der Waals surface area contributed by atoms with E-state index in [0.717, 1.165) is 9.88 Å². The lowest BCUT2D eigenvalue weighted by molar-refractivity contribution is -0.143. The standard InChI is InChI=1S/C17H12Cl2N2O3S2/c18-12-4-3-10(6-13(12)19)16(23)20-7-15(22)24-8-11-9-26-17(21-11)14-2-1-5-25-14/h1-6,9H,7-8H2,(H,20,23). The molecule has 0 atom stereocenters. The summed E-state index contributed by atoms with van der Waals surface area (Å²) >= 11 is 14.8. The average Bonchev–Trinajstić information content (AvgIpc) is 3.31. The summed E-state index contributed by atoms with van der Waals surface area (Å²) in [6.07, 6.45) is 0. The van der Waals surface area contributed by atoms with E-state index in [-0.39, 0.29) is 18.2 Å². The van der Waals surface area contributed by atoms with Crippen molar-refractivity contribution in [3.8, 4) is 9.88 Å². The third-order valence-corrected chi connectivity index (χ3v) is 5.91. The van der Waals surface area contributed by atoms with Crippen molar-refractivity contribution < 1.29 is 14.3 Å². The zero-order chi connectivity index (χ0) is 18.5. The Balaban J connectivity index is 1.47. The van der Waals surface area contributed by atoms with Crippen LogP contribution in [0.4, 0.5) is 0 Å². The number of carbonyl (C=O) groups is 2. The van der Waals surface area contributed by atoms with E-state index in [4.69, 9.17) is 27.9 Å². The van der Waals surface area contributed by atoms with E-state index >= 15 is 0 Å². The SMILES string of the molecule is O=C(CNC(=O)c1ccc(Cl)c(Cl)c1)OCc1csc(-c2cccs2)n1. The summed E-state index contributed by atoms with van der Waals surface area (Å²) < 4.78 is 5.13. The van der Waals surface area contributed by atoms with Crippen LogP contribution >= 0.6 is 45.9 Å². The van der Waals surface area contributed by atoms with Crippen LogP contribution in [0.3, 0.4) is 0 Å². The van der Waals surface area contributed by atoms with Gasteiger partial charge in [0.25, 0.3) is 5.91 Å². The van der Waals surface area contributed by atoms with Crippen LogP contribution in [0, 0.1) is 0 Å². The van der Waals surface area contributed by atoms with Crippen LogP contribution in [0.1, 0.15) is 16.1 Å². The fraction of sp³-hybridized carbons (Fsp3) is 0.118. The number of aromatic nitrogens is 1. The number of halogens is 2. The highest BCUT2D eigenvalue weighted by molar-refractivity contribution is 7.20. The van der Waals surface area contributed by atoms with Gasteiger partial charge in [-0.3, -0.25) is 9.59 Å². The van der Waals surface area contributed by atoms with Crippen molar-refractivity contribution in [3.63, 3.8) is 0 Å². The number of thiophene rings is 1. The second-order valence-electron chi connectivity index (χ2n) is 5.09. The Bertz CT molecular complexity index is 926. The Morgan fingerprint density at radius 3 is 2.73 bits per heavy atom. The van der Waals surface area contributed by atoms with E-state index in [1.54, 1.807) is 11.3 Å². The molecule has 0 bridgehead atoms. The van der Waals surface area contributed by atoms with Crippen molar-refractivity contribution in [1.29, 1.82) is 0 Å². The Morgan fingerprint density at radius 2 is 2.00 bits per heavy atom. The first-order chi connectivity index (χ1) is 12.5. The molecule has 134 valence electrons. The maximum Gasteiger partial charge on any atom is 0.325 e. The van der Waals surface area contributed by atoms with Crippen LogP contribution in [0.25, 0.3) is 9.88 Å². The number of benzene rings is 1. The molecule has 1 amide bonds. The lowest BCUT2D eigenvalue weighted by Gasteiger charge is -2.06. The number of hydrogen-bond donors (Lipinski definition) is 1. The topological polar surface area (TPSA) is 68.3 Å². The predicted molar refractivity (Wildman–Crippen MR) is 104 cm³/mol. The number of nitrogens with zero attached hydrogens (tertiary/aromatic N) is 1. The quantitative estimate of drug-likeness (QED) is 0.582. The van der Waals surface area contributed by atoms with Gasteiger partial charge in [0.05, 0.1) is 20.6 Å². The van der Waals surface area contributed by atoms with E-state index in [1.165, 1.54) is 29.5 Å². The fourth-order valence-corrected chi connectivity index (χ4v) is 3.90. The van der Waals surface area contributed by atoms with Gasteiger partial charge >= 0.3 is 5.97 Å². The molecule has 0 aliphatic carbocycles. The molecule has 3 rings (SSSR count). The second-order valence-corrected chi connectivity index (χ2v) is 7.71. The normalized spacial score (nSPS) is 10.5. The summed E-state index contributed by atoms with van der Waals surface area (Å²) in [5.74, 6) is -0.988. The molecule has 2 heterocycles. The van der Waals surface area contributed by atoms with E-state index in [1.807, 2.05) is 22.9 Å². The predicted octanol–water partition coefficient (Wildman–Crippen LogP) is 4.65. The molecule has 2 aromatic heterocycles. The van der Waals surface area contributed by atoms with Crippen LogP contribution in [0.2, 0.25) is 10.0 Å². The third kappa shape index (κ3) is 4.82. The molecule has 0 unspecified atom stereocenters. The number of rotatable bonds is 6. The van der Waals surface area contributed by atoms with Crippen molar-refractivity contribution in [2.45, 2.75) is 6.61 Å². The van der Waals surface area contributed by atoms with Gasteiger partial charge in [-0.25, -0.2) is 4.98 Å². The lowest BCUT2D eigenvalue weighted by Crippen LogP contribution is -2.30. The van der Waals surface area contributed by atoms with Gasteiger partial charge in [-0.05, 0) is 29.6 Å². The summed E-state index contributed by atoms with van der Waals surface area (Å²) in [6, 6.07) is 8.42. The molecular weight excluding hydrogens is 415 g/mol. The molecule has 0 fully saturated rings. The second kappa shape index (κ2) is 8.64. The number of amides is 1. The number of esters is 1. The highest BCUT2D eigenvalue weighted by Gasteiger charge is 2.12. The van der Waals surface area contributed by atoms with Gasteiger partial charge in [-0.15, -0.1) is 22.7 Å². The van der Waals surface area contributed by atoms with E-state index in [9.17, 15) is 9.59 Å². The zero-order valence-electron chi connectivity index (χ0n) is 13.2. The van der Waals surface area contributed by atoms with Crippen molar-refractivity contribution in [1.82, 2.24) is 10.3 Å². The molecule has 9 heteroatoms. The van der Waals surface area contributed by atoms with Gasteiger partial charge in [0.1, 0.15) is 18.2 Å².